The Morgan fingerprint density at radius 3 is 2.84 bits per heavy atom. The molecule has 7 heteroatoms. The van der Waals surface area contributed by atoms with Crippen LogP contribution in [0.25, 0.3) is 0 Å². The standard InChI is InChI=1S/C12H19N3O3S/c1-14-19(16,17)12-7-9(13)4-5-11(12)15-10-3-2-6-18-8-10/h4-5,7,10,14-15H,2-3,6,8,13H2,1H3. The van der Waals surface area contributed by atoms with E-state index in [4.69, 9.17) is 10.5 Å². The van der Waals surface area contributed by atoms with Gasteiger partial charge in [0.05, 0.1) is 12.3 Å². The average Bonchev–Trinajstić information content (AvgIpc) is 2.42. The molecule has 4 N–H and O–H groups in total. The summed E-state index contributed by atoms with van der Waals surface area (Å²) in [6, 6.07) is 4.95. The molecule has 0 aliphatic carbocycles. The van der Waals surface area contributed by atoms with Gasteiger partial charge in [0, 0.05) is 18.3 Å². The molecule has 1 saturated heterocycles. The van der Waals surface area contributed by atoms with Crippen LogP contribution < -0.4 is 15.8 Å². The minimum Gasteiger partial charge on any atom is -0.399 e. The highest BCUT2D eigenvalue weighted by Crippen LogP contribution is 2.25. The van der Waals surface area contributed by atoms with Gasteiger partial charge in [-0.2, -0.15) is 0 Å². The predicted octanol–water partition coefficient (Wildman–Crippen LogP) is 0.768. The third kappa shape index (κ3) is 3.37. The smallest absolute Gasteiger partial charge is 0.242 e. The summed E-state index contributed by atoms with van der Waals surface area (Å²) in [4.78, 5) is 0.167. The lowest BCUT2D eigenvalue weighted by Crippen LogP contribution is -2.31. The van der Waals surface area contributed by atoms with Crippen LogP contribution in [0.4, 0.5) is 11.4 Å². The Morgan fingerprint density at radius 1 is 1.42 bits per heavy atom. The molecule has 19 heavy (non-hydrogen) atoms. The van der Waals surface area contributed by atoms with Gasteiger partial charge in [0.25, 0.3) is 0 Å². The van der Waals surface area contributed by atoms with E-state index in [2.05, 4.69) is 10.0 Å². The first-order chi connectivity index (χ1) is 9.03. The van der Waals surface area contributed by atoms with Crippen LogP contribution >= 0.6 is 0 Å². The maximum atomic E-state index is 12.0. The van der Waals surface area contributed by atoms with Gasteiger partial charge in [0.2, 0.25) is 10.0 Å². The Bertz CT molecular complexity index is 539. The zero-order chi connectivity index (χ0) is 13.9. The van der Waals surface area contributed by atoms with Crippen molar-refractivity contribution in [1.29, 1.82) is 0 Å². The van der Waals surface area contributed by atoms with Crippen molar-refractivity contribution in [2.24, 2.45) is 0 Å². The zero-order valence-electron chi connectivity index (χ0n) is 10.8. The number of nitrogens with one attached hydrogen (secondary N) is 2. The number of sulfonamides is 1. The SMILES string of the molecule is CNS(=O)(=O)c1cc(N)ccc1NC1CCCOC1. The lowest BCUT2D eigenvalue weighted by Gasteiger charge is -2.25. The molecular formula is C12H19N3O3S. The molecule has 0 radical (unpaired) electrons. The van der Waals surface area contributed by atoms with Crippen molar-refractivity contribution in [3.8, 4) is 0 Å². The van der Waals surface area contributed by atoms with Crippen molar-refractivity contribution < 1.29 is 13.2 Å². The van der Waals surface area contributed by atoms with E-state index in [1.54, 1.807) is 12.1 Å². The lowest BCUT2D eigenvalue weighted by molar-refractivity contribution is 0.0875. The number of anilines is 2. The van der Waals surface area contributed by atoms with Gasteiger partial charge in [-0.1, -0.05) is 0 Å². The highest BCUT2D eigenvalue weighted by atomic mass is 32.2. The Hall–Kier alpha value is -1.31. The number of rotatable bonds is 4. The topological polar surface area (TPSA) is 93.5 Å². The number of nitrogen functional groups attached to an aromatic ring is 1. The fraction of sp³-hybridized carbons (Fsp3) is 0.500. The van der Waals surface area contributed by atoms with Gasteiger partial charge in [-0.15, -0.1) is 0 Å². The minimum absolute atomic E-state index is 0.128. The van der Waals surface area contributed by atoms with Crippen molar-refractivity contribution in [3.05, 3.63) is 18.2 Å². The molecule has 1 fully saturated rings. The van der Waals surface area contributed by atoms with Crippen LogP contribution in [-0.2, 0) is 14.8 Å². The van der Waals surface area contributed by atoms with Gasteiger partial charge in [0.1, 0.15) is 4.90 Å². The van der Waals surface area contributed by atoms with E-state index < -0.39 is 10.0 Å². The summed E-state index contributed by atoms with van der Waals surface area (Å²) < 4.78 is 31.6. The molecule has 0 amide bonds. The van der Waals surface area contributed by atoms with E-state index in [-0.39, 0.29) is 10.9 Å². The minimum atomic E-state index is -3.54. The highest BCUT2D eigenvalue weighted by molar-refractivity contribution is 7.89. The number of ether oxygens (including phenoxy) is 1. The van der Waals surface area contributed by atoms with E-state index in [1.807, 2.05) is 0 Å². The molecule has 0 saturated carbocycles. The highest BCUT2D eigenvalue weighted by Gasteiger charge is 2.20. The summed E-state index contributed by atoms with van der Waals surface area (Å²) in [7, 11) is -2.15. The Balaban J connectivity index is 2.29. The van der Waals surface area contributed by atoms with Crippen LogP contribution in [-0.4, -0.2) is 34.7 Å². The van der Waals surface area contributed by atoms with Crippen LogP contribution in [0.5, 0.6) is 0 Å². The van der Waals surface area contributed by atoms with Crippen molar-refractivity contribution in [3.63, 3.8) is 0 Å². The van der Waals surface area contributed by atoms with E-state index in [0.29, 0.717) is 18.0 Å². The molecule has 1 aliphatic rings. The molecule has 106 valence electrons. The maximum absolute atomic E-state index is 12.0. The van der Waals surface area contributed by atoms with Crippen LogP contribution in [0.15, 0.2) is 23.1 Å². The quantitative estimate of drug-likeness (QED) is 0.710. The Labute approximate surface area is 113 Å². The van der Waals surface area contributed by atoms with Crippen molar-refractivity contribution >= 4 is 21.4 Å². The van der Waals surface area contributed by atoms with Crippen LogP contribution in [0.2, 0.25) is 0 Å². The van der Waals surface area contributed by atoms with Gasteiger partial charge < -0.3 is 15.8 Å². The van der Waals surface area contributed by atoms with E-state index >= 15 is 0 Å². The molecule has 1 aromatic rings. The lowest BCUT2D eigenvalue weighted by atomic mass is 10.1. The molecule has 1 aromatic carbocycles. The van der Waals surface area contributed by atoms with Gasteiger partial charge in [-0.3, -0.25) is 0 Å². The second-order valence-electron chi connectivity index (χ2n) is 4.52. The summed E-state index contributed by atoms with van der Waals surface area (Å²) in [6.07, 6.45) is 1.93. The number of hydrogen-bond donors (Lipinski definition) is 3. The predicted molar refractivity (Wildman–Crippen MR) is 74.6 cm³/mol. The first kappa shape index (κ1) is 14.1. The fourth-order valence-corrected chi connectivity index (χ4v) is 2.99. The van der Waals surface area contributed by atoms with Gasteiger partial charge in [-0.25, -0.2) is 13.1 Å². The van der Waals surface area contributed by atoms with E-state index in [9.17, 15) is 8.42 Å². The molecule has 0 bridgehead atoms. The average molecular weight is 285 g/mol. The van der Waals surface area contributed by atoms with Crippen molar-refractivity contribution in [1.82, 2.24) is 4.72 Å². The molecule has 2 rings (SSSR count). The third-order valence-electron chi connectivity index (χ3n) is 3.08. The number of benzene rings is 1. The molecule has 6 nitrogen and oxygen atoms in total. The summed E-state index contributed by atoms with van der Waals surface area (Å²) >= 11 is 0. The molecule has 1 aliphatic heterocycles. The van der Waals surface area contributed by atoms with Crippen molar-refractivity contribution in [2.45, 2.75) is 23.8 Å². The van der Waals surface area contributed by atoms with Crippen LogP contribution in [0.1, 0.15) is 12.8 Å². The van der Waals surface area contributed by atoms with Gasteiger partial charge >= 0.3 is 0 Å². The zero-order valence-corrected chi connectivity index (χ0v) is 11.7. The normalized spacial score (nSPS) is 20.2. The van der Waals surface area contributed by atoms with Gasteiger partial charge in [-0.05, 0) is 38.1 Å². The first-order valence-corrected chi connectivity index (χ1v) is 7.68. The molecule has 1 unspecified atom stereocenters. The Morgan fingerprint density at radius 2 is 2.21 bits per heavy atom. The summed E-state index contributed by atoms with van der Waals surface area (Å²) in [5.41, 5.74) is 6.64. The monoisotopic (exact) mass is 285 g/mol. The second-order valence-corrected chi connectivity index (χ2v) is 6.38. The van der Waals surface area contributed by atoms with Crippen LogP contribution in [0, 0.1) is 0 Å². The van der Waals surface area contributed by atoms with Crippen molar-refractivity contribution in [2.75, 3.05) is 31.3 Å². The van der Waals surface area contributed by atoms with E-state index in [1.165, 1.54) is 13.1 Å². The number of hydrogen-bond acceptors (Lipinski definition) is 5. The number of nitrogens with two attached hydrogens (primary N) is 1. The largest absolute Gasteiger partial charge is 0.399 e. The summed E-state index contributed by atoms with van der Waals surface area (Å²) in [5.74, 6) is 0. The first-order valence-electron chi connectivity index (χ1n) is 6.20. The Kier molecular flexibility index (Phi) is 4.28. The third-order valence-corrected chi connectivity index (χ3v) is 4.54. The molecule has 0 aromatic heterocycles. The molecular weight excluding hydrogens is 266 g/mol. The molecule has 0 spiro atoms. The summed E-state index contributed by atoms with van der Waals surface area (Å²) in [6.45, 7) is 1.35. The summed E-state index contributed by atoms with van der Waals surface area (Å²) in [5, 5.41) is 3.22. The maximum Gasteiger partial charge on any atom is 0.242 e. The van der Waals surface area contributed by atoms with Crippen LogP contribution in [0.3, 0.4) is 0 Å². The van der Waals surface area contributed by atoms with Gasteiger partial charge in [0.15, 0.2) is 0 Å². The second kappa shape index (κ2) is 5.77. The fourth-order valence-electron chi connectivity index (χ4n) is 2.06. The molecule has 1 atom stereocenters. The molecule has 1 heterocycles. The van der Waals surface area contributed by atoms with E-state index in [0.717, 1.165) is 19.4 Å².